The maximum Gasteiger partial charge on any atom is 0.118 e. The van der Waals surface area contributed by atoms with Crippen LogP contribution in [-0.2, 0) is 0 Å². The first-order valence-corrected chi connectivity index (χ1v) is 5.13. The molecule has 0 saturated carbocycles. The van der Waals surface area contributed by atoms with Crippen LogP contribution in [0.15, 0.2) is 48.5 Å². The van der Waals surface area contributed by atoms with Crippen LogP contribution >= 0.6 is 0 Å². The molecular formula is C15H13O. The molecule has 0 bridgehead atoms. The second-order valence-corrected chi connectivity index (χ2v) is 3.52. The number of hydrogen-bond donors (Lipinski definition) is 0. The fourth-order valence-corrected chi connectivity index (χ4v) is 1.57. The Balaban J connectivity index is 2.31. The summed E-state index contributed by atoms with van der Waals surface area (Å²) in [4.78, 5) is 0. The highest BCUT2D eigenvalue weighted by Crippen LogP contribution is 2.22. The zero-order valence-corrected chi connectivity index (χ0v) is 9.18. The predicted octanol–water partition coefficient (Wildman–Crippen LogP) is 3.81. The molecule has 1 nitrogen and oxygen atoms in total. The van der Waals surface area contributed by atoms with E-state index in [1.54, 1.807) is 13.2 Å². The average molecular weight is 209 g/mol. The molecule has 16 heavy (non-hydrogen) atoms. The molecule has 0 fully saturated rings. The fraction of sp³-hybridized carbons (Fsp3) is 0.0667. The molecule has 0 amide bonds. The Bertz CT molecular complexity index is 466. The van der Waals surface area contributed by atoms with Crippen LogP contribution in [0.5, 0.6) is 5.75 Å². The quantitative estimate of drug-likeness (QED) is 0.747. The number of methoxy groups -OCH3 is 1. The van der Waals surface area contributed by atoms with Crippen LogP contribution in [0.25, 0.3) is 17.2 Å². The van der Waals surface area contributed by atoms with Crippen LogP contribution in [-0.4, -0.2) is 7.11 Å². The summed E-state index contributed by atoms with van der Waals surface area (Å²) in [6, 6.07) is 16.1. The minimum Gasteiger partial charge on any atom is -0.497 e. The van der Waals surface area contributed by atoms with Gasteiger partial charge in [0.05, 0.1) is 7.11 Å². The van der Waals surface area contributed by atoms with E-state index in [9.17, 15) is 0 Å². The highest BCUT2D eigenvalue weighted by Gasteiger charge is 1.97. The van der Waals surface area contributed by atoms with E-state index in [2.05, 4.69) is 12.1 Å². The van der Waals surface area contributed by atoms with Crippen molar-refractivity contribution in [1.82, 2.24) is 0 Å². The van der Waals surface area contributed by atoms with Gasteiger partial charge in [-0.3, -0.25) is 0 Å². The molecule has 0 spiro atoms. The van der Waals surface area contributed by atoms with Gasteiger partial charge in [-0.2, -0.15) is 0 Å². The fourth-order valence-electron chi connectivity index (χ4n) is 1.57. The Labute approximate surface area is 96.0 Å². The number of hydrogen-bond acceptors (Lipinski definition) is 1. The van der Waals surface area contributed by atoms with Crippen LogP contribution < -0.4 is 4.74 Å². The molecular weight excluding hydrogens is 196 g/mol. The van der Waals surface area contributed by atoms with E-state index in [0.717, 1.165) is 11.3 Å². The van der Waals surface area contributed by atoms with E-state index < -0.39 is 0 Å². The SMILES string of the molecule is [CH]=Cc1ccc(-c2ccc(OC)cc2)cc1. The molecule has 2 rings (SSSR count). The Kier molecular flexibility index (Phi) is 3.06. The molecule has 0 aliphatic rings. The monoisotopic (exact) mass is 209 g/mol. The summed E-state index contributed by atoms with van der Waals surface area (Å²) in [5.74, 6) is 0.871. The summed E-state index contributed by atoms with van der Waals surface area (Å²) >= 11 is 0. The Morgan fingerprint density at radius 3 is 1.81 bits per heavy atom. The van der Waals surface area contributed by atoms with Gasteiger partial charge in [0.1, 0.15) is 5.75 Å². The average Bonchev–Trinajstić information content (AvgIpc) is 2.39. The van der Waals surface area contributed by atoms with Gasteiger partial charge in [0.15, 0.2) is 0 Å². The van der Waals surface area contributed by atoms with Crippen LogP contribution in [0.4, 0.5) is 0 Å². The maximum atomic E-state index is 5.43. The third-order valence-electron chi connectivity index (χ3n) is 2.53. The normalized spacial score (nSPS) is 9.81. The Morgan fingerprint density at radius 1 is 0.875 bits per heavy atom. The zero-order valence-electron chi connectivity index (χ0n) is 9.18. The standard InChI is InChI=1S/C15H13O/c1-3-12-4-6-13(7-5-12)14-8-10-15(16-2)11-9-14/h1,3-11H,2H3. The van der Waals surface area contributed by atoms with Crippen molar-refractivity contribution < 1.29 is 4.74 Å². The summed E-state index contributed by atoms with van der Waals surface area (Å²) < 4.78 is 5.12. The van der Waals surface area contributed by atoms with E-state index in [0.29, 0.717) is 0 Å². The molecule has 0 aliphatic heterocycles. The summed E-state index contributed by atoms with van der Waals surface area (Å²) in [5, 5.41) is 0. The van der Waals surface area contributed by atoms with Gasteiger partial charge in [-0.05, 0) is 28.8 Å². The van der Waals surface area contributed by atoms with E-state index in [4.69, 9.17) is 11.3 Å². The first kappa shape index (κ1) is 10.5. The largest absolute Gasteiger partial charge is 0.497 e. The van der Waals surface area contributed by atoms with Crippen molar-refractivity contribution in [2.24, 2.45) is 0 Å². The molecule has 0 atom stereocenters. The Hall–Kier alpha value is -2.02. The number of benzene rings is 2. The van der Waals surface area contributed by atoms with Crippen molar-refractivity contribution in [3.8, 4) is 16.9 Å². The molecule has 0 unspecified atom stereocenters. The zero-order chi connectivity index (χ0) is 11.4. The van der Waals surface area contributed by atoms with E-state index in [1.807, 2.05) is 36.4 Å². The Morgan fingerprint density at radius 2 is 1.38 bits per heavy atom. The lowest BCUT2D eigenvalue weighted by atomic mass is 10.0. The van der Waals surface area contributed by atoms with E-state index >= 15 is 0 Å². The van der Waals surface area contributed by atoms with Gasteiger partial charge in [0.2, 0.25) is 0 Å². The molecule has 0 aliphatic carbocycles. The van der Waals surface area contributed by atoms with Crippen LogP contribution in [0.1, 0.15) is 5.56 Å². The number of rotatable bonds is 3. The summed E-state index contributed by atoms with van der Waals surface area (Å²) in [5.41, 5.74) is 3.37. The molecule has 0 aromatic heterocycles. The van der Waals surface area contributed by atoms with Crippen LogP contribution in [0.3, 0.4) is 0 Å². The summed E-state index contributed by atoms with van der Waals surface area (Å²) in [6.45, 7) is 5.43. The van der Waals surface area contributed by atoms with Gasteiger partial charge in [-0.15, -0.1) is 0 Å². The minimum absolute atomic E-state index is 0.871. The number of ether oxygens (including phenoxy) is 1. The molecule has 2 aromatic carbocycles. The minimum atomic E-state index is 0.871. The summed E-state index contributed by atoms with van der Waals surface area (Å²) in [6.07, 6.45) is 1.60. The van der Waals surface area contributed by atoms with Crippen molar-refractivity contribution in [2.75, 3.05) is 7.11 Å². The van der Waals surface area contributed by atoms with Crippen molar-refractivity contribution in [3.63, 3.8) is 0 Å². The molecule has 2 aromatic rings. The first-order chi connectivity index (χ1) is 7.83. The lowest BCUT2D eigenvalue weighted by Gasteiger charge is -2.04. The second-order valence-electron chi connectivity index (χ2n) is 3.52. The first-order valence-electron chi connectivity index (χ1n) is 5.13. The molecule has 0 N–H and O–H groups in total. The van der Waals surface area contributed by atoms with Gasteiger partial charge < -0.3 is 4.74 Å². The van der Waals surface area contributed by atoms with Crippen molar-refractivity contribution in [2.45, 2.75) is 0 Å². The van der Waals surface area contributed by atoms with Crippen LogP contribution in [0, 0.1) is 6.58 Å². The van der Waals surface area contributed by atoms with Gasteiger partial charge in [0, 0.05) is 0 Å². The highest BCUT2D eigenvalue weighted by atomic mass is 16.5. The van der Waals surface area contributed by atoms with Crippen molar-refractivity contribution in [1.29, 1.82) is 0 Å². The second kappa shape index (κ2) is 4.67. The predicted molar refractivity (Wildman–Crippen MR) is 67.2 cm³/mol. The third kappa shape index (κ3) is 2.14. The summed E-state index contributed by atoms with van der Waals surface area (Å²) in [7, 11) is 1.67. The molecule has 1 radical (unpaired) electrons. The van der Waals surface area contributed by atoms with Gasteiger partial charge in [0.25, 0.3) is 0 Å². The van der Waals surface area contributed by atoms with Gasteiger partial charge >= 0.3 is 0 Å². The lowest BCUT2D eigenvalue weighted by molar-refractivity contribution is 0.415. The lowest BCUT2D eigenvalue weighted by Crippen LogP contribution is -1.82. The highest BCUT2D eigenvalue weighted by molar-refractivity contribution is 5.65. The smallest absolute Gasteiger partial charge is 0.118 e. The van der Waals surface area contributed by atoms with Gasteiger partial charge in [-0.1, -0.05) is 49.1 Å². The molecule has 79 valence electrons. The van der Waals surface area contributed by atoms with Gasteiger partial charge in [-0.25, -0.2) is 0 Å². The molecule has 1 heteroatoms. The van der Waals surface area contributed by atoms with E-state index in [1.165, 1.54) is 11.1 Å². The van der Waals surface area contributed by atoms with Crippen molar-refractivity contribution >= 4 is 6.08 Å². The molecule has 0 heterocycles. The third-order valence-corrected chi connectivity index (χ3v) is 2.53. The van der Waals surface area contributed by atoms with E-state index in [-0.39, 0.29) is 0 Å². The maximum absolute atomic E-state index is 5.43. The molecule has 0 saturated heterocycles. The van der Waals surface area contributed by atoms with Crippen LogP contribution in [0.2, 0.25) is 0 Å². The topological polar surface area (TPSA) is 9.23 Å². The van der Waals surface area contributed by atoms with Crippen molar-refractivity contribution in [3.05, 3.63) is 60.7 Å².